The van der Waals surface area contributed by atoms with Crippen LogP contribution in [0.5, 0.6) is 0 Å². The van der Waals surface area contributed by atoms with Crippen molar-refractivity contribution in [3.63, 3.8) is 0 Å². The molecule has 0 spiro atoms. The van der Waals surface area contributed by atoms with Gasteiger partial charge in [0.05, 0.1) is 17.1 Å². The van der Waals surface area contributed by atoms with Gasteiger partial charge in [-0.15, -0.1) is 0 Å². The zero-order valence-corrected chi connectivity index (χ0v) is 11.7. The monoisotopic (exact) mass is 276 g/mol. The molecular formula is C14H16N2O2S. The fraction of sp³-hybridized carbons (Fsp3) is 0.214. The summed E-state index contributed by atoms with van der Waals surface area (Å²) in [6.45, 7) is 3.85. The van der Waals surface area contributed by atoms with Crippen LogP contribution in [0.4, 0.5) is 0 Å². The van der Waals surface area contributed by atoms with Gasteiger partial charge in [0.1, 0.15) is 0 Å². The highest BCUT2D eigenvalue weighted by Gasteiger charge is 2.16. The van der Waals surface area contributed by atoms with Crippen LogP contribution in [0.3, 0.4) is 0 Å². The first kappa shape index (κ1) is 13.7. The number of rotatable bonds is 4. The summed E-state index contributed by atoms with van der Waals surface area (Å²) in [5.74, 6) is 0. The van der Waals surface area contributed by atoms with E-state index in [0.29, 0.717) is 10.6 Å². The number of nitrogens with one attached hydrogen (secondary N) is 1. The van der Waals surface area contributed by atoms with Crippen LogP contribution in [0, 0.1) is 13.8 Å². The van der Waals surface area contributed by atoms with E-state index in [9.17, 15) is 8.42 Å². The van der Waals surface area contributed by atoms with E-state index in [4.69, 9.17) is 0 Å². The molecule has 0 radical (unpaired) electrons. The average Bonchev–Trinajstić information content (AvgIpc) is 2.40. The minimum Gasteiger partial charge on any atom is -0.260 e. The molecule has 0 atom stereocenters. The molecule has 0 aliphatic carbocycles. The van der Waals surface area contributed by atoms with E-state index < -0.39 is 10.0 Å². The van der Waals surface area contributed by atoms with E-state index in [-0.39, 0.29) is 6.54 Å². The maximum absolute atomic E-state index is 12.2. The van der Waals surface area contributed by atoms with Crippen molar-refractivity contribution < 1.29 is 8.42 Å². The zero-order valence-electron chi connectivity index (χ0n) is 10.9. The Hall–Kier alpha value is -1.72. The number of benzene rings is 1. The number of sulfonamides is 1. The van der Waals surface area contributed by atoms with Gasteiger partial charge in [0, 0.05) is 6.20 Å². The van der Waals surface area contributed by atoms with E-state index in [1.165, 1.54) is 0 Å². The van der Waals surface area contributed by atoms with Gasteiger partial charge in [-0.1, -0.05) is 18.2 Å². The first-order chi connectivity index (χ1) is 8.99. The van der Waals surface area contributed by atoms with Crippen LogP contribution in [0.15, 0.2) is 47.5 Å². The van der Waals surface area contributed by atoms with E-state index in [1.54, 1.807) is 31.3 Å². The summed E-state index contributed by atoms with van der Waals surface area (Å²) in [6.07, 6.45) is 1.64. The van der Waals surface area contributed by atoms with Crippen LogP contribution in [0.2, 0.25) is 0 Å². The number of nitrogens with zero attached hydrogens (tertiary/aromatic N) is 1. The van der Waals surface area contributed by atoms with Gasteiger partial charge < -0.3 is 0 Å². The molecule has 1 aromatic heterocycles. The molecule has 0 amide bonds. The molecule has 19 heavy (non-hydrogen) atoms. The number of hydrogen-bond donors (Lipinski definition) is 1. The maximum atomic E-state index is 12.2. The zero-order chi connectivity index (χ0) is 13.9. The lowest BCUT2D eigenvalue weighted by molar-refractivity contribution is 0.579. The van der Waals surface area contributed by atoms with Crippen LogP contribution in [0.1, 0.15) is 16.8 Å². The molecule has 1 N–H and O–H groups in total. The number of aryl methyl sites for hydroxylation is 2. The summed E-state index contributed by atoms with van der Waals surface area (Å²) >= 11 is 0. The van der Waals surface area contributed by atoms with Crippen molar-refractivity contribution in [3.05, 3.63) is 59.4 Å². The minimum atomic E-state index is -3.50. The molecule has 0 saturated carbocycles. The largest absolute Gasteiger partial charge is 0.260 e. The Morgan fingerprint density at radius 3 is 2.63 bits per heavy atom. The Morgan fingerprint density at radius 1 is 1.16 bits per heavy atom. The lowest BCUT2D eigenvalue weighted by atomic mass is 10.2. The smallest absolute Gasteiger partial charge is 0.241 e. The van der Waals surface area contributed by atoms with Crippen LogP contribution >= 0.6 is 0 Å². The average molecular weight is 276 g/mol. The van der Waals surface area contributed by atoms with Gasteiger partial charge in [0.25, 0.3) is 0 Å². The summed E-state index contributed by atoms with van der Waals surface area (Å²) in [5, 5.41) is 0. The fourth-order valence-corrected chi connectivity index (χ4v) is 3.07. The first-order valence-electron chi connectivity index (χ1n) is 5.96. The van der Waals surface area contributed by atoms with Crippen molar-refractivity contribution in [2.24, 2.45) is 0 Å². The summed E-state index contributed by atoms with van der Waals surface area (Å²) in [5.41, 5.74) is 2.35. The van der Waals surface area contributed by atoms with Gasteiger partial charge in [-0.2, -0.15) is 0 Å². The van der Waals surface area contributed by atoms with Crippen LogP contribution in [0.25, 0.3) is 0 Å². The Kier molecular flexibility index (Phi) is 3.97. The van der Waals surface area contributed by atoms with Gasteiger partial charge in [-0.05, 0) is 43.2 Å². The van der Waals surface area contributed by atoms with Crippen molar-refractivity contribution in [1.82, 2.24) is 9.71 Å². The molecule has 0 saturated heterocycles. The maximum Gasteiger partial charge on any atom is 0.241 e. The highest BCUT2D eigenvalue weighted by Crippen LogP contribution is 2.16. The molecular weight excluding hydrogens is 260 g/mol. The first-order valence-corrected chi connectivity index (χ1v) is 7.44. The predicted octanol–water partition coefficient (Wildman–Crippen LogP) is 2.18. The third-order valence-corrected chi connectivity index (χ3v) is 4.35. The molecule has 0 aliphatic heterocycles. The van der Waals surface area contributed by atoms with E-state index >= 15 is 0 Å². The Balaban J connectivity index is 2.21. The third kappa shape index (κ3) is 3.39. The summed E-state index contributed by atoms with van der Waals surface area (Å²) in [6, 6.07) is 10.8. The molecule has 4 nitrogen and oxygen atoms in total. The Labute approximate surface area is 113 Å². The van der Waals surface area contributed by atoms with E-state index in [0.717, 1.165) is 11.1 Å². The summed E-state index contributed by atoms with van der Waals surface area (Å²) in [4.78, 5) is 4.41. The molecule has 0 aliphatic rings. The predicted molar refractivity (Wildman–Crippen MR) is 74.2 cm³/mol. The summed E-state index contributed by atoms with van der Waals surface area (Å²) in [7, 11) is -3.50. The molecule has 100 valence electrons. The number of aromatic nitrogens is 1. The highest BCUT2D eigenvalue weighted by atomic mass is 32.2. The second-order valence-electron chi connectivity index (χ2n) is 4.41. The van der Waals surface area contributed by atoms with Gasteiger partial charge in [0.2, 0.25) is 10.0 Å². The quantitative estimate of drug-likeness (QED) is 0.931. The lowest BCUT2D eigenvalue weighted by Crippen LogP contribution is -2.24. The Morgan fingerprint density at radius 2 is 1.95 bits per heavy atom. The fourth-order valence-electron chi connectivity index (χ4n) is 1.75. The number of hydrogen-bond acceptors (Lipinski definition) is 3. The van der Waals surface area contributed by atoms with Gasteiger partial charge >= 0.3 is 0 Å². The molecule has 0 bridgehead atoms. The SMILES string of the molecule is Cc1ccc(C)c(S(=O)(=O)NCc2ccccn2)c1. The topological polar surface area (TPSA) is 59.1 Å². The van der Waals surface area contributed by atoms with Crippen molar-refractivity contribution in [1.29, 1.82) is 0 Å². The molecule has 0 unspecified atom stereocenters. The van der Waals surface area contributed by atoms with Crippen LogP contribution in [-0.4, -0.2) is 13.4 Å². The number of pyridine rings is 1. The van der Waals surface area contributed by atoms with E-state index in [2.05, 4.69) is 9.71 Å². The Bertz CT molecular complexity index is 667. The van der Waals surface area contributed by atoms with Gasteiger partial charge in [0.15, 0.2) is 0 Å². The second-order valence-corrected chi connectivity index (χ2v) is 6.15. The molecule has 2 rings (SSSR count). The van der Waals surface area contributed by atoms with Crippen molar-refractivity contribution in [3.8, 4) is 0 Å². The van der Waals surface area contributed by atoms with Gasteiger partial charge in [-0.25, -0.2) is 13.1 Å². The standard InChI is InChI=1S/C14H16N2O2S/c1-11-6-7-12(2)14(9-11)19(17,18)16-10-13-5-3-4-8-15-13/h3-9,16H,10H2,1-2H3. The van der Waals surface area contributed by atoms with Crippen LogP contribution in [-0.2, 0) is 16.6 Å². The third-order valence-electron chi connectivity index (χ3n) is 2.80. The highest BCUT2D eigenvalue weighted by molar-refractivity contribution is 7.89. The minimum absolute atomic E-state index is 0.191. The lowest BCUT2D eigenvalue weighted by Gasteiger charge is -2.09. The molecule has 1 aromatic carbocycles. The van der Waals surface area contributed by atoms with E-state index in [1.807, 2.05) is 25.1 Å². The molecule has 2 aromatic rings. The van der Waals surface area contributed by atoms with Crippen molar-refractivity contribution in [2.75, 3.05) is 0 Å². The normalized spacial score (nSPS) is 11.5. The van der Waals surface area contributed by atoms with Gasteiger partial charge in [-0.3, -0.25) is 4.98 Å². The molecule has 1 heterocycles. The molecule has 5 heteroatoms. The summed E-state index contributed by atoms with van der Waals surface area (Å²) < 4.78 is 27.0. The van der Waals surface area contributed by atoms with Crippen molar-refractivity contribution in [2.45, 2.75) is 25.3 Å². The molecule has 0 fully saturated rings. The van der Waals surface area contributed by atoms with Crippen molar-refractivity contribution >= 4 is 10.0 Å². The second kappa shape index (κ2) is 5.50. The van der Waals surface area contributed by atoms with Crippen LogP contribution < -0.4 is 4.72 Å².